The van der Waals surface area contributed by atoms with Gasteiger partial charge in [0.05, 0.1) is 13.2 Å². The maximum Gasteiger partial charge on any atom is 0.268 e. The summed E-state index contributed by atoms with van der Waals surface area (Å²) in [5.41, 5.74) is 1.51. The molecular weight excluding hydrogens is 319 g/mol. The van der Waals surface area contributed by atoms with E-state index in [0.29, 0.717) is 11.5 Å². The van der Waals surface area contributed by atoms with Gasteiger partial charge >= 0.3 is 0 Å². The number of nitrogens with one attached hydrogen (secondary N) is 2. The molecule has 1 aliphatic carbocycles. The van der Waals surface area contributed by atoms with Gasteiger partial charge in [-0.15, -0.1) is 0 Å². The zero-order valence-electron chi connectivity index (χ0n) is 13.4. The Hall–Kier alpha value is -2.35. The van der Waals surface area contributed by atoms with Gasteiger partial charge in [-0.2, -0.15) is 0 Å². The van der Waals surface area contributed by atoms with Crippen molar-refractivity contribution in [1.29, 1.82) is 0 Å². The van der Waals surface area contributed by atoms with Crippen molar-refractivity contribution >= 4 is 11.8 Å². The number of amides is 2. The molecule has 0 saturated heterocycles. The molecular formula is C16H21FN2O5. The van der Waals surface area contributed by atoms with Crippen LogP contribution in [0.1, 0.15) is 36.0 Å². The number of carbonyl (C=O) groups excluding carboxylic acids is 2. The van der Waals surface area contributed by atoms with Crippen molar-refractivity contribution in [1.82, 2.24) is 10.8 Å². The standard InChI is InChI=1S/C16H21FN2O5/c1-23-13-7-6-10(8-14(13)24-11-4-2-3-5-11)15(20)18-12(9-17)16(21)19-22/h6-8,11-12,22H,2-5,9H2,1H3,(H,18,20)(H,19,21). The molecule has 0 aliphatic heterocycles. The van der Waals surface area contributed by atoms with Gasteiger partial charge in [0.15, 0.2) is 11.5 Å². The molecule has 1 atom stereocenters. The highest BCUT2D eigenvalue weighted by Gasteiger charge is 2.23. The van der Waals surface area contributed by atoms with Crippen LogP contribution in [0.25, 0.3) is 0 Å². The van der Waals surface area contributed by atoms with Gasteiger partial charge in [0.25, 0.3) is 11.8 Å². The van der Waals surface area contributed by atoms with Crippen molar-refractivity contribution in [3.8, 4) is 11.5 Å². The van der Waals surface area contributed by atoms with E-state index in [1.165, 1.54) is 24.7 Å². The Kier molecular flexibility index (Phi) is 6.36. The van der Waals surface area contributed by atoms with Gasteiger partial charge in [0, 0.05) is 5.56 Å². The number of ether oxygens (including phenoxy) is 2. The maximum absolute atomic E-state index is 12.8. The highest BCUT2D eigenvalue weighted by Crippen LogP contribution is 2.32. The van der Waals surface area contributed by atoms with Crippen LogP contribution in [-0.4, -0.2) is 43.0 Å². The second-order valence-corrected chi connectivity index (χ2v) is 5.55. The molecule has 1 fully saturated rings. The highest BCUT2D eigenvalue weighted by molar-refractivity contribution is 5.98. The van der Waals surface area contributed by atoms with E-state index >= 15 is 0 Å². The molecule has 1 aliphatic rings. The molecule has 0 radical (unpaired) electrons. The van der Waals surface area contributed by atoms with E-state index in [0.717, 1.165) is 25.7 Å². The lowest BCUT2D eigenvalue weighted by Gasteiger charge is -2.17. The predicted octanol–water partition coefficient (Wildman–Crippen LogP) is 1.59. The van der Waals surface area contributed by atoms with Crippen molar-refractivity contribution < 1.29 is 28.7 Å². The van der Waals surface area contributed by atoms with Crippen LogP contribution in [0, 0.1) is 0 Å². The van der Waals surface area contributed by atoms with Crippen LogP contribution < -0.4 is 20.3 Å². The van der Waals surface area contributed by atoms with E-state index in [-0.39, 0.29) is 11.7 Å². The van der Waals surface area contributed by atoms with Crippen molar-refractivity contribution in [3.05, 3.63) is 23.8 Å². The van der Waals surface area contributed by atoms with Crippen LogP contribution in [0.5, 0.6) is 11.5 Å². The maximum atomic E-state index is 12.8. The van der Waals surface area contributed by atoms with E-state index in [1.807, 2.05) is 0 Å². The summed E-state index contributed by atoms with van der Waals surface area (Å²) in [4.78, 5) is 23.4. The lowest BCUT2D eigenvalue weighted by molar-refractivity contribution is -0.131. The Bertz CT molecular complexity index is 590. The van der Waals surface area contributed by atoms with Gasteiger partial charge in [-0.05, 0) is 43.9 Å². The highest BCUT2D eigenvalue weighted by atomic mass is 19.1. The monoisotopic (exact) mass is 340 g/mol. The van der Waals surface area contributed by atoms with E-state index in [2.05, 4.69) is 5.32 Å². The SMILES string of the molecule is COc1ccc(C(=O)NC(CF)C(=O)NO)cc1OC1CCCC1. The molecule has 1 unspecified atom stereocenters. The van der Waals surface area contributed by atoms with Crippen LogP contribution in [0.2, 0.25) is 0 Å². The fraction of sp³-hybridized carbons (Fsp3) is 0.500. The topological polar surface area (TPSA) is 96.9 Å². The fourth-order valence-corrected chi connectivity index (χ4v) is 2.59. The molecule has 8 heteroatoms. The lowest BCUT2D eigenvalue weighted by atomic mass is 10.1. The Morgan fingerprint density at radius 3 is 2.62 bits per heavy atom. The normalized spacial score (nSPS) is 15.6. The van der Waals surface area contributed by atoms with E-state index < -0.39 is 24.5 Å². The second-order valence-electron chi connectivity index (χ2n) is 5.55. The molecule has 7 nitrogen and oxygen atoms in total. The van der Waals surface area contributed by atoms with Crippen LogP contribution in [-0.2, 0) is 4.79 Å². The number of hydroxylamine groups is 1. The number of carbonyl (C=O) groups is 2. The first-order valence-electron chi connectivity index (χ1n) is 7.74. The Morgan fingerprint density at radius 2 is 2.04 bits per heavy atom. The second kappa shape index (κ2) is 8.49. The zero-order chi connectivity index (χ0) is 17.5. The van der Waals surface area contributed by atoms with Crippen LogP contribution in [0.3, 0.4) is 0 Å². The van der Waals surface area contributed by atoms with Crippen LogP contribution in [0.15, 0.2) is 18.2 Å². The summed E-state index contributed by atoms with van der Waals surface area (Å²) in [5.74, 6) is -0.754. The summed E-state index contributed by atoms with van der Waals surface area (Å²) >= 11 is 0. The largest absolute Gasteiger partial charge is 0.493 e. The first-order valence-corrected chi connectivity index (χ1v) is 7.74. The summed E-state index contributed by atoms with van der Waals surface area (Å²) in [6.45, 7) is -1.14. The number of halogens is 1. The third kappa shape index (κ3) is 4.35. The molecule has 1 aromatic rings. The quantitative estimate of drug-likeness (QED) is 0.517. The van der Waals surface area contributed by atoms with Crippen molar-refractivity contribution in [2.75, 3.05) is 13.8 Å². The average molecular weight is 340 g/mol. The molecule has 3 N–H and O–H groups in total. The van der Waals surface area contributed by atoms with Gasteiger partial charge in [-0.3, -0.25) is 14.8 Å². The molecule has 0 spiro atoms. The first-order chi connectivity index (χ1) is 11.6. The number of hydrogen-bond acceptors (Lipinski definition) is 5. The van der Waals surface area contributed by atoms with E-state index in [9.17, 15) is 14.0 Å². The Labute approximate surface area is 139 Å². The summed E-state index contributed by atoms with van der Waals surface area (Å²) in [7, 11) is 1.50. The predicted molar refractivity (Wildman–Crippen MR) is 83.0 cm³/mol. The summed E-state index contributed by atoms with van der Waals surface area (Å²) in [6.07, 6.45) is 4.17. The van der Waals surface area contributed by atoms with Gasteiger partial charge in [0.1, 0.15) is 12.7 Å². The summed E-state index contributed by atoms with van der Waals surface area (Å²) < 4.78 is 23.9. The van der Waals surface area contributed by atoms with E-state index in [1.54, 1.807) is 6.07 Å². The number of alkyl halides is 1. The van der Waals surface area contributed by atoms with Gasteiger partial charge in [-0.1, -0.05) is 0 Å². The number of hydrogen-bond donors (Lipinski definition) is 3. The van der Waals surface area contributed by atoms with Crippen LogP contribution >= 0.6 is 0 Å². The Morgan fingerprint density at radius 1 is 1.33 bits per heavy atom. The fourth-order valence-electron chi connectivity index (χ4n) is 2.59. The molecule has 132 valence electrons. The minimum absolute atomic E-state index is 0.0796. The first kappa shape index (κ1) is 18.0. The summed E-state index contributed by atoms with van der Waals surface area (Å²) in [6, 6.07) is 3.10. The number of methoxy groups -OCH3 is 1. The van der Waals surface area contributed by atoms with E-state index in [4.69, 9.17) is 14.7 Å². The van der Waals surface area contributed by atoms with Crippen LogP contribution in [0.4, 0.5) is 4.39 Å². The molecule has 0 heterocycles. The lowest BCUT2D eigenvalue weighted by Crippen LogP contribution is -2.47. The number of benzene rings is 1. The average Bonchev–Trinajstić information content (AvgIpc) is 3.11. The zero-order valence-corrected chi connectivity index (χ0v) is 13.4. The molecule has 2 amide bonds. The molecule has 1 saturated carbocycles. The van der Waals surface area contributed by atoms with Crippen molar-refractivity contribution in [2.45, 2.75) is 37.8 Å². The molecule has 1 aromatic carbocycles. The number of rotatable bonds is 7. The third-order valence-corrected chi connectivity index (χ3v) is 3.91. The van der Waals surface area contributed by atoms with Gasteiger partial charge in [-0.25, -0.2) is 9.87 Å². The molecule has 2 rings (SSSR count). The smallest absolute Gasteiger partial charge is 0.268 e. The van der Waals surface area contributed by atoms with Crippen molar-refractivity contribution in [2.24, 2.45) is 0 Å². The minimum Gasteiger partial charge on any atom is -0.493 e. The van der Waals surface area contributed by atoms with Crippen molar-refractivity contribution in [3.63, 3.8) is 0 Å². The van der Waals surface area contributed by atoms with Gasteiger partial charge in [0.2, 0.25) is 0 Å². The Balaban J connectivity index is 2.14. The minimum atomic E-state index is -1.47. The molecule has 0 aromatic heterocycles. The summed E-state index contributed by atoms with van der Waals surface area (Å²) in [5, 5.41) is 10.7. The third-order valence-electron chi connectivity index (χ3n) is 3.91. The molecule has 24 heavy (non-hydrogen) atoms. The van der Waals surface area contributed by atoms with Gasteiger partial charge < -0.3 is 14.8 Å². The molecule has 0 bridgehead atoms.